The highest BCUT2D eigenvalue weighted by Gasteiger charge is 2.45. The summed E-state index contributed by atoms with van der Waals surface area (Å²) in [7, 11) is 2.01. The van der Waals surface area contributed by atoms with Crippen molar-refractivity contribution in [2.75, 3.05) is 20.1 Å². The van der Waals surface area contributed by atoms with E-state index in [0.29, 0.717) is 10.8 Å². The van der Waals surface area contributed by atoms with Crippen LogP contribution in [-0.4, -0.2) is 41.7 Å². The second kappa shape index (κ2) is 6.02. The lowest BCUT2D eigenvalue weighted by Gasteiger charge is -2.39. The van der Waals surface area contributed by atoms with Crippen LogP contribution in [-0.2, 0) is 4.79 Å². The maximum atomic E-state index is 11.7. The summed E-state index contributed by atoms with van der Waals surface area (Å²) in [6, 6.07) is 6.81. The Balaban J connectivity index is 2.20. The van der Waals surface area contributed by atoms with E-state index in [9.17, 15) is 9.90 Å². The smallest absolute Gasteiger partial charge is 0.348 e. The maximum absolute atomic E-state index is 11.7. The molecule has 1 aromatic rings. The van der Waals surface area contributed by atoms with Gasteiger partial charge in [-0.1, -0.05) is 11.6 Å². The summed E-state index contributed by atoms with van der Waals surface area (Å²) >= 11 is 5.83. The average molecular weight is 298 g/mol. The molecule has 1 aliphatic rings. The van der Waals surface area contributed by atoms with Gasteiger partial charge in [-0.3, -0.25) is 0 Å². The number of aliphatic carboxylic acids is 1. The van der Waals surface area contributed by atoms with Crippen LogP contribution in [0.5, 0.6) is 5.75 Å². The molecule has 0 saturated carbocycles. The molecule has 1 saturated heterocycles. The van der Waals surface area contributed by atoms with Crippen LogP contribution in [0.25, 0.3) is 0 Å². The lowest BCUT2D eigenvalue weighted by atomic mass is 9.82. The number of benzene rings is 1. The van der Waals surface area contributed by atoms with E-state index in [1.807, 2.05) is 7.05 Å². The zero-order chi connectivity index (χ0) is 14.8. The van der Waals surface area contributed by atoms with Crippen molar-refractivity contribution in [2.45, 2.75) is 25.4 Å². The highest BCUT2D eigenvalue weighted by Crippen LogP contribution is 2.32. The van der Waals surface area contributed by atoms with Gasteiger partial charge in [0.15, 0.2) is 0 Å². The summed E-state index contributed by atoms with van der Waals surface area (Å²) in [5.74, 6) is -0.422. The number of nitrogens with zero attached hydrogens (tertiary/aromatic N) is 1. The van der Waals surface area contributed by atoms with Crippen LogP contribution in [0.15, 0.2) is 24.3 Å². The lowest BCUT2D eigenvalue weighted by Crippen LogP contribution is -2.53. The minimum Gasteiger partial charge on any atom is -0.478 e. The first kappa shape index (κ1) is 15.1. The molecule has 1 N–H and O–H groups in total. The molecule has 1 heterocycles. The number of hydrogen-bond acceptors (Lipinski definition) is 3. The first-order valence-corrected chi connectivity index (χ1v) is 7.16. The number of likely N-dealkylation sites (tertiary alicyclic amines) is 1. The molecule has 0 radical (unpaired) electrons. The molecular formula is C15H20ClNO3. The molecule has 0 amide bonds. The highest BCUT2D eigenvalue weighted by molar-refractivity contribution is 6.30. The Hall–Kier alpha value is -1.26. The van der Waals surface area contributed by atoms with Gasteiger partial charge in [-0.05, 0) is 57.6 Å². The van der Waals surface area contributed by atoms with Gasteiger partial charge in [-0.2, -0.15) is 0 Å². The van der Waals surface area contributed by atoms with Crippen molar-refractivity contribution in [2.24, 2.45) is 5.92 Å². The molecule has 0 unspecified atom stereocenters. The lowest BCUT2D eigenvalue weighted by molar-refractivity contribution is -0.160. The number of carboxylic acid groups (broad SMARTS) is 1. The summed E-state index contributed by atoms with van der Waals surface area (Å²) in [6.45, 7) is 3.40. The van der Waals surface area contributed by atoms with Crippen LogP contribution in [0, 0.1) is 5.92 Å². The van der Waals surface area contributed by atoms with E-state index >= 15 is 0 Å². The maximum Gasteiger partial charge on any atom is 0.348 e. The van der Waals surface area contributed by atoms with Crippen LogP contribution in [0.3, 0.4) is 0 Å². The van der Waals surface area contributed by atoms with Crippen LogP contribution >= 0.6 is 11.6 Å². The quantitative estimate of drug-likeness (QED) is 0.928. The van der Waals surface area contributed by atoms with Crippen molar-refractivity contribution in [1.29, 1.82) is 0 Å². The molecule has 0 bridgehead atoms. The normalized spacial score (nSPS) is 23.1. The van der Waals surface area contributed by atoms with Gasteiger partial charge in [0.05, 0.1) is 0 Å². The molecular weight excluding hydrogens is 278 g/mol. The van der Waals surface area contributed by atoms with Gasteiger partial charge in [0.2, 0.25) is 5.60 Å². The molecule has 1 aromatic carbocycles. The van der Waals surface area contributed by atoms with E-state index in [2.05, 4.69) is 4.90 Å². The zero-order valence-corrected chi connectivity index (χ0v) is 12.6. The summed E-state index contributed by atoms with van der Waals surface area (Å²) in [5.41, 5.74) is -1.22. The molecule has 20 heavy (non-hydrogen) atoms. The van der Waals surface area contributed by atoms with Crippen LogP contribution in [0.1, 0.15) is 19.8 Å². The zero-order valence-electron chi connectivity index (χ0n) is 11.8. The van der Waals surface area contributed by atoms with Crippen LogP contribution < -0.4 is 4.74 Å². The Bertz CT molecular complexity index is 477. The van der Waals surface area contributed by atoms with E-state index in [4.69, 9.17) is 16.3 Å². The molecule has 0 aromatic heterocycles. The van der Waals surface area contributed by atoms with Crippen LogP contribution in [0.4, 0.5) is 0 Å². The van der Waals surface area contributed by atoms with Crippen LogP contribution in [0.2, 0.25) is 5.02 Å². The van der Waals surface area contributed by atoms with Gasteiger partial charge in [0.25, 0.3) is 0 Å². The predicted molar refractivity (Wildman–Crippen MR) is 78.3 cm³/mol. The van der Waals surface area contributed by atoms with Gasteiger partial charge in [-0.15, -0.1) is 0 Å². The molecule has 2 atom stereocenters. The molecule has 2 rings (SSSR count). The third-order valence-corrected chi connectivity index (χ3v) is 4.22. The van der Waals surface area contributed by atoms with E-state index in [-0.39, 0.29) is 5.92 Å². The van der Waals surface area contributed by atoms with Crippen molar-refractivity contribution < 1.29 is 14.6 Å². The fraction of sp³-hybridized carbons (Fsp3) is 0.533. The van der Waals surface area contributed by atoms with Crippen molar-refractivity contribution in [3.63, 3.8) is 0 Å². The Morgan fingerprint density at radius 3 is 2.65 bits per heavy atom. The topological polar surface area (TPSA) is 49.8 Å². The third-order valence-electron chi connectivity index (χ3n) is 3.97. The largest absolute Gasteiger partial charge is 0.478 e. The second-order valence-corrected chi connectivity index (χ2v) is 6.01. The number of ether oxygens (including phenoxy) is 1. The van der Waals surface area contributed by atoms with Gasteiger partial charge < -0.3 is 14.7 Å². The monoisotopic (exact) mass is 297 g/mol. The molecule has 4 nitrogen and oxygen atoms in total. The van der Waals surface area contributed by atoms with Crippen molar-refractivity contribution in [1.82, 2.24) is 4.90 Å². The predicted octanol–water partition coefficient (Wildman–Crippen LogP) is 2.90. The fourth-order valence-corrected chi connectivity index (χ4v) is 2.79. The molecule has 1 aliphatic heterocycles. The van der Waals surface area contributed by atoms with E-state index < -0.39 is 11.6 Å². The molecule has 110 valence electrons. The molecule has 5 heteroatoms. The van der Waals surface area contributed by atoms with Crippen molar-refractivity contribution in [3.05, 3.63) is 29.3 Å². The van der Waals surface area contributed by atoms with E-state index in [0.717, 1.165) is 25.9 Å². The summed E-state index contributed by atoms with van der Waals surface area (Å²) in [6.07, 6.45) is 1.86. The third kappa shape index (κ3) is 3.25. The van der Waals surface area contributed by atoms with E-state index in [1.54, 1.807) is 31.2 Å². The first-order chi connectivity index (χ1) is 9.41. The molecule has 0 aliphatic carbocycles. The molecule has 0 spiro atoms. The van der Waals surface area contributed by atoms with Gasteiger partial charge in [-0.25, -0.2) is 4.79 Å². The summed E-state index contributed by atoms with van der Waals surface area (Å²) in [5, 5.41) is 10.2. The Labute approximate surface area is 124 Å². The Kier molecular flexibility index (Phi) is 4.55. The van der Waals surface area contributed by atoms with Crippen molar-refractivity contribution >= 4 is 17.6 Å². The number of carbonyl (C=O) groups is 1. The highest BCUT2D eigenvalue weighted by atomic mass is 35.5. The summed E-state index contributed by atoms with van der Waals surface area (Å²) < 4.78 is 5.82. The van der Waals surface area contributed by atoms with E-state index in [1.165, 1.54) is 0 Å². The van der Waals surface area contributed by atoms with Gasteiger partial charge in [0.1, 0.15) is 5.75 Å². The summed E-state index contributed by atoms with van der Waals surface area (Å²) in [4.78, 5) is 13.9. The molecule has 1 fully saturated rings. The first-order valence-electron chi connectivity index (χ1n) is 6.78. The number of hydrogen-bond donors (Lipinski definition) is 1. The number of halogens is 1. The Morgan fingerprint density at radius 1 is 1.45 bits per heavy atom. The second-order valence-electron chi connectivity index (χ2n) is 5.57. The minimum atomic E-state index is -1.22. The fourth-order valence-electron chi connectivity index (χ4n) is 2.67. The number of carboxylic acids is 1. The standard InChI is InChI=1S/C15H20ClNO3/c1-15(14(18)19,11-4-3-9-17(2)10-11)20-13-7-5-12(16)6-8-13/h5-8,11H,3-4,9-10H2,1-2H3,(H,18,19)/t11-,15+/m0/s1. The number of piperidine rings is 1. The van der Waals surface area contributed by atoms with Gasteiger partial charge in [0, 0.05) is 17.5 Å². The average Bonchev–Trinajstić information content (AvgIpc) is 2.41. The van der Waals surface area contributed by atoms with Gasteiger partial charge >= 0.3 is 5.97 Å². The number of rotatable bonds is 4. The minimum absolute atomic E-state index is 0.0329. The Morgan fingerprint density at radius 2 is 2.10 bits per heavy atom. The van der Waals surface area contributed by atoms with Crippen molar-refractivity contribution in [3.8, 4) is 5.75 Å². The SMILES string of the molecule is CN1CCC[C@H]([C@@](C)(Oc2ccc(Cl)cc2)C(=O)O)C1.